The summed E-state index contributed by atoms with van der Waals surface area (Å²) >= 11 is 0. The van der Waals surface area contributed by atoms with Gasteiger partial charge in [0.05, 0.1) is 7.11 Å². The van der Waals surface area contributed by atoms with Crippen LogP contribution in [0.15, 0.2) is 42.5 Å². The van der Waals surface area contributed by atoms with Gasteiger partial charge in [0.25, 0.3) is 0 Å². The Morgan fingerprint density at radius 1 is 1.11 bits per heavy atom. The molecular weight excluding hydrogens is 247 g/mol. The molecule has 2 aromatic carbocycles. The van der Waals surface area contributed by atoms with Crippen LogP contribution in [0.4, 0.5) is 4.39 Å². The highest BCUT2D eigenvalue weighted by molar-refractivity contribution is 5.76. The first kappa shape index (κ1) is 13.1. The van der Waals surface area contributed by atoms with E-state index in [2.05, 4.69) is 0 Å². The predicted molar refractivity (Wildman–Crippen MR) is 69.1 cm³/mol. The Morgan fingerprint density at radius 2 is 1.84 bits per heavy atom. The topological polar surface area (TPSA) is 35.5 Å². The Morgan fingerprint density at radius 3 is 2.47 bits per heavy atom. The SMILES string of the molecule is COc1cc(C=O)ccc1OCc1ccc(F)cc1. The summed E-state index contributed by atoms with van der Waals surface area (Å²) < 4.78 is 23.5. The molecule has 98 valence electrons. The van der Waals surface area contributed by atoms with E-state index in [4.69, 9.17) is 9.47 Å². The van der Waals surface area contributed by atoms with Crippen molar-refractivity contribution in [3.63, 3.8) is 0 Å². The quantitative estimate of drug-likeness (QED) is 0.774. The van der Waals surface area contributed by atoms with Crippen molar-refractivity contribution < 1.29 is 18.7 Å². The minimum atomic E-state index is -0.281. The van der Waals surface area contributed by atoms with Gasteiger partial charge in [0.2, 0.25) is 0 Å². The maximum atomic E-state index is 12.8. The summed E-state index contributed by atoms with van der Waals surface area (Å²) in [5.74, 6) is 0.751. The van der Waals surface area contributed by atoms with Crippen LogP contribution in [0.25, 0.3) is 0 Å². The number of rotatable bonds is 5. The lowest BCUT2D eigenvalue weighted by atomic mass is 10.2. The van der Waals surface area contributed by atoms with Gasteiger partial charge in [-0.1, -0.05) is 12.1 Å². The van der Waals surface area contributed by atoms with Gasteiger partial charge in [-0.2, -0.15) is 0 Å². The lowest BCUT2D eigenvalue weighted by molar-refractivity contribution is 0.112. The molecule has 4 heteroatoms. The fraction of sp³-hybridized carbons (Fsp3) is 0.133. The van der Waals surface area contributed by atoms with Gasteiger partial charge in [0, 0.05) is 5.56 Å². The van der Waals surface area contributed by atoms with Crippen molar-refractivity contribution in [3.8, 4) is 11.5 Å². The number of aldehydes is 1. The zero-order valence-electron chi connectivity index (χ0n) is 10.4. The smallest absolute Gasteiger partial charge is 0.161 e. The molecule has 0 spiro atoms. The Kier molecular flexibility index (Phi) is 4.13. The maximum absolute atomic E-state index is 12.8. The molecule has 0 bridgehead atoms. The molecule has 0 unspecified atom stereocenters. The minimum Gasteiger partial charge on any atom is -0.493 e. The molecule has 0 aliphatic rings. The third kappa shape index (κ3) is 3.31. The van der Waals surface area contributed by atoms with E-state index < -0.39 is 0 Å². The molecule has 0 heterocycles. The molecule has 0 aliphatic carbocycles. The van der Waals surface area contributed by atoms with Crippen LogP contribution >= 0.6 is 0 Å². The molecule has 0 saturated heterocycles. The molecule has 19 heavy (non-hydrogen) atoms. The monoisotopic (exact) mass is 260 g/mol. The number of carbonyl (C=O) groups excluding carboxylic acids is 1. The lowest BCUT2D eigenvalue weighted by Crippen LogP contribution is -1.98. The van der Waals surface area contributed by atoms with Gasteiger partial charge in [-0.25, -0.2) is 4.39 Å². The number of benzene rings is 2. The average Bonchev–Trinajstić information content (AvgIpc) is 2.46. The summed E-state index contributed by atoms with van der Waals surface area (Å²) in [5.41, 5.74) is 1.37. The molecule has 0 aliphatic heterocycles. The zero-order valence-corrected chi connectivity index (χ0v) is 10.4. The zero-order chi connectivity index (χ0) is 13.7. The number of carbonyl (C=O) groups is 1. The number of ether oxygens (including phenoxy) is 2. The predicted octanol–water partition coefficient (Wildman–Crippen LogP) is 3.23. The second-order valence-electron chi connectivity index (χ2n) is 3.94. The highest BCUT2D eigenvalue weighted by Crippen LogP contribution is 2.28. The molecule has 0 radical (unpaired) electrons. The fourth-order valence-electron chi connectivity index (χ4n) is 1.62. The van der Waals surface area contributed by atoms with Crippen LogP contribution in [0.1, 0.15) is 15.9 Å². The highest BCUT2D eigenvalue weighted by Gasteiger charge is 2.06. The Bertz CT molecular complexity index is 564. The van der Waals surface area contributed by atoms with Crippen LogP contribution in [0, 0.1) is 5.82 Å². The molecule has 0 amide bonds. The minimum absolute atomic E-state index is 0.281. The van der Waals surface area contributed by atoms with Crippen molar-refractivity contribution in [1.82, 2.24) is 0 Å². The van der Waals surface area contributed by atoms with E-state index in [1.165, 1.54) is 19.2 Å². The van der Waals surface area contributed by atoms with E-state index in [0.717, 1.165) is 11.8 Å². The third-order valence-corrected chi connectivity index (χ3v) is 2.63. The van der Waals surface area contributed by atoms with E-state index in [1.54, 1.807) is 30.3 Å². The molecule has 0 atom stereocenters. The van der Waals surface area contributed by atoms with Crippen LogP contribution in [0.3, 0.4) is 0 Å². The van der Waals surface area contributed by atoms with Crippen LogP contribution in [0.5, 0.6) is 11.5 Å². The van der Waals surface area contributed by atoms with E-state index in [-0.39, 0.29) is 5.82 Å². The fourth-order valence-corrected chi connectivity index (χ4v) is 1.62. The van der Waals surface area contributed by atoms with Gasteiger partial charge < -0.3 is 9.47 Å². The number of hydrogen-bond acceptors (Lipinski definition) is 3. The van der Waals surface area contributed by atoms with E-state index in [1.807, 2.05) is 0 Å². The van der Waals surface area contributed by atoms with Crippen molar-refractivity contribution >= 4 is 6.29 Å². The lowest BCUT2D eigenvalue weighted by Gasteiger charge is -2.11. The summed E-state index contributed by atoms with van der Waals surface area (Å²) in [6.45, 7) is 0.303. The second-order valence-corrected chi connectivity index (χ2v) is 3.94. The van der Waals surface area contributed by atoms with Gasteiger partial charge in [-0.05, 0) is 35.9 Å². The van der Waals surface area contributed by atoms with Gasteiger partial charge in [0.1, 0.15) is 18.7 Å². The maximum Gasteiger partial charge on any atom is 0.161 e. The van der Waals surface area contributed by atoms with Gasteiger partial charge in [-0.15, -0.1) is 0 Å². The van der Waals surface area contributed by atoms with Crippen LogP contribution in [-0.4, -0.2) is 13.4 Å². The van der Waals surface area contributed by atoms with E-state index >= 15 is 0 Å². The highest BCUT2D eigenvalue weighted by atomic mass is 19.1. The molecule has 2 aromatic rings. The Labute approximate surface area is 110 Å². The molecule has 0 saturated carbocycles. The van der Waals surface area contributed by atoms with Crippen molar-refractivity contribution in [2.75, 3.05) is 7.11 Å². The van der Waals surface area contributed by atoms with Crippen molar-refractivity contribution in [3.05, 3.63) is 59.4 Å². The first-order valence-corrected chi connectivity index (χ1v) is 5.73. The molecule has 2 rings (SSSR count). The van der Waals surface area contributed by atoms with Crippen LogP contribution in [-0.2, 0) is 6.61 Å². The van der Waals surface area contributed by atoms with Crippen molar-refractivity contribution in [1.29, 1.82) is 0 Å². The van der Waals surface area contributed by atoms with E-state index in [0.29, 0.717) is 23.7 Å². The van der Waals surface area contributed by atoms with Gasteiger partial charge in [0.15, 0.2) is 11.5 Å². The Balaban J connectivity index is 2.10. The van der Waals surface area contributed by atoms with Gasteiger partial charge in [-0.3, -0.25) is 4.79 Å². The summed E-state index contributed by atoms with van der Waals surface area (Å²) in [6, 6.07) is 11.0. The molecule has 3 nitrogen and oxygen atoms in total. The first-order chi connectivity index (χ1) is 9.22. The number of hydrogen-bond donors (Lipinski definition) is 0. The summed E-state index contributed by atoms with van der Waals surface area (Å²) in [7, 11) is 1.51. The summed E-state index contributed by atoms with van der Waals surface area (Å²) in [5, 5.41) is 0. The second kappa shape index (κ2) is 6.00. The molecule has 0 fully saturated rings. The average molecular weight is 260 g/mol. The number of halogens is 1. The standard InChI is InChI=1S/C15H13FO3/c1-18-15-8-12(9-17)4-7-14(15)19-10-11-2-5-13(16)6-3-11/h2-9H,10H2,1H3. The first-order valence-electron chi connectivity index (χ1n) is 5.73. The normalized spacial score (nSPS) is 10.0. The summed E-state index contributed by atoms with van der Waals surface area (Å²) in [6.07, 6.45) is 0.742. The largest absolute Gasteiger partial charge is 0.493 e. The van der Waals surface area contributed by atoms with E-state index in [9.17, 15) is 9.18 Å². The van der Waals surface area contributed by atoms with Crippen LogP contribution in [0.2, 0.25) is 0 Å². The third-order valence-electron chi connectivity index (χ3n) is 2.63. The summed E-state index contributed by atoms with van der Waals surface area (Å²) in [4.78, 5) is 10.7. The molecule has 0 N–H and O–H groups in total. The Hall–Kier alpha value is -2.36. The van der Waals surface area contributed by atoms with Crippen molar-refractivity contribution in [2.45, 2.75) is 6.61 Å². The van der Waals surface area contributed by atoms with Crippen LogP contribution < -0.4 is 9.47 Å². The molecular formula is C15H13FO3. The molecule has 0 aromatic heterocycles. The number of methoxy groups -OCH3 is 1. The van der Waals surface area contributed by atoms with Gasteiger partial charge >= 0.3 is 0 Å². The van der Waals surface area contributed by atoms with Crippen molar-refractivity contribution in [2.24, 2.45) is 0 Å².